The largest absolute Gasteiger partial charge is 0.469 e. The molecule has 5 aliphatic carbocycles. The number of methoxy groups -OCH3 is 1. The fraction of sp³-hybridized carbons (Fsp3) is 0.938. The molecule has 0 spiro atoms. The summed E-state index contributed by atoms with van der Waals surface area (Å²) in [6, 6.07) is 0. The average molecular weight is 911 g/mol. The highest BCUT2D eigenvalue weighted by Crippen LogP contribution is 2.76. The summed E-state index contributed by atoms with van der Waals surface area (Å²) in [5.41, 5.74) is 0.621. The van der Waals surface area contributed by atoms with Gasteiger partial charge in [-0.25, -0.2) is 0 Å². The molecule has 0 radical (unpaired) electrons. The molecule has 0 aromatic rings. The molecule has 0 aromatic carbocycles. The Morgan fingerprint density at radius 3 is 2.05 bits per heavy atom. The first-order valence-electron chi connectivity index (χ1n) is 24.0. The minimum Gasteiger partial charge on any atom is -0.469 e. The maximum atomic E-state index is 13.7. The third-order valence-corrected chi connectivity index (χ3v) is 19.1. The zero-order chi connectivity index (χ0) is 46.7. The molecule has 0 bridgehead atoms. The van der Waals surface area contributed by atoms with Crippen LogP contribution >= 0.6 is 0 Å². The summed E-state index contributed by atoms with van der Waals surface area (Å²) in [7, 11) is 1.54. The maximum Gasteiger partial charge on any atom is 0.312 e. The molecule has 0 amide bonds. The van der Waals surface area contributed by atoms with Crippen molar-refractivity contribution in [2.45, 2.75) is 212 Å². The van der Waals surface area contributed by atoms with Crippen molar-refractivity contribution in [3.8, 4) is 0 Å². The minimum atomic E-state index is -1.74. The van der Waals surface area contributed by atoms with Crippen LogP contribution in [0.4, 0.5) is 0 Å². The molecule has 4 saturated carbocycles. The quantitative estimate of drug-likeness (QED) is 0.0991. The standard InChI is InChI=1S/C48H78O16/c1-23-31(50)34(53)36(55)39(60-23)64-38-33(52)27(62-40-37(56)35(54)32(51)26(21-49)61-40)22-59-41(38)63-30-13-14-45(6)28(44(30,4)5)12-15-47(8)29(45)11-10-24-25-20-43(2,3)16-18-48(25,42(57)58-9)19-17-46(24,47)7/h10,23,25-41,49-56H,11-22H2,1-9H3/t23-,25?,26+,27-,28?,29?,30?,31-,32+,33-,34+,35-,36+,37+,38+,39-,40+,41-,45-,46+,47+,48-/m0/s1. The molecule has 64 heavy (non-hydrogen) atoms. The molecule has 8 rings (SSSR count). The van der Waals surface area contributed by atoms with Crippen LogP contribution in [0.5, 0.6) is 0 Å². The van der Waals surface area contributed by atoms with Gasteiger partial charge >= 0.3 is 5.97 Å². The lowest BCUT2D eigenvalue weighted by atomic mass is 9.33. The Morgan fingerprint density at radius 2 is 1.38 bits per heavy atom. The SMILES string of the molecule is COC(=O)[C@]12CCC(C)(C)CC1C1=CCC3[C@@]4(C)CCC(O[C@@H]5OC[C@H](O[C@H]6O[C@H](CO)[C@@H](O)[C@H](O)[C@H]6O)[C@H](O)[C@H]5O[C@@H]5O[C@@H](C)[C@H](O)[C@@H](O)[C@H]5O)C(C)(C)C4CC[C@@]3(C)[C@]1(C)CC2. The lowest BCUT2D eigenvalue weighted by Gasteiger charge is -2.71. The number of aliphatic hydroxyl groups excluding tert-OH is 8. The van der Waals surface area contributed by atoms with Crippen LogP contribution in [0, 0.1) is 50.2 Å². The normalized spacial score (nSPS) is 53.4. The third kappa shape index (κ3) is 7.59. The van der Waals surface area contributed by atoms with Crippen LogP contribution in [0.25, 0.3) is 0 Å². The van der Waals surface area contributed by atoms with E-state index in [0.29, 0.717) is 12.3 Å². The Hall–Kier alpha value is -1.35. The van der Waals surface area contributed by atoms with Crippen molar-refractivity contribution in [3.63, 3.8) is 0 Å². The van der Waals surface area contributed by atoms with Crippen molar-refractivity contribution in [1.29, 1.82) is 0 Å². The number of carbonyl (C=O) groups is 1. The Balaban J connectivity index is 1.04. The molecule has 4 unspecified atom stereocenters. The monoisotopic (exact) mass is 911 g/mol. The number of esters is 1. The van der Waals surface area contributed by atoms with E-state index in [1.807, 2.05) is 0 Å². The number of carbonyl (C=O) groups excluding carboxylic acids is 1. The summed E-state index contributed by atoms with van der Waals surface area (Å²) in [5, 5.41) is 85.3. The molecule has 3 aliphatic heterocycles. The molecule has 8 N–H and O–H groups in total. The Kier molecular flexibility index (Phi) is 13.2. The molecule has 16 nitrogen and oxygen atoms in total. The van der Waals surface area contributed by atoms with Gasteiger partial charge in [-0.2, -0.15) is 0 Å². The molecular formula is C48H78O16. The van der Waals surface area contributed by atoms with Crippen molar-refractivity contribution < 1.29 is 78.8 Å². The van der Waals surface area contributed by atoms with E-state index in [9.17, 15) is 45.6 Å². The van der Waals surface area contributed by atoms with Gasteiger partial charge in [-0.15, -0.1) is 0 Å². The third-order valence-electron chi connectivity index (χ3n) is 19.1. The lowest BCUT2D eigenvalue weighted by Crippen LogP contribution is -2.66. The Labute approximate surface area is 377 Å². The van der Waals surface area contributed by atoms with Gasteiger partial charge in [0.25, 0.3) is 0 Å². The summed E-state index contributed by atoms with van der Waals surface area (Å²) in [4.78, 5) is 13.7. The number of fused-ring (bicyclic) bond motifs is 7. The van der Waals surface area contributed by atoms with Gasteiger partial charge in [0.1, 0.15) is 61.0 Å². The Bertz CT molecular complexity index is 1740. The number of hydrogen-bond acceptors (Lipinski definition) is 16. The first kappa shape index (κ1) is 49.1. The highest BCUT2D eigenvalue weighted by molar-refractivity contribution is 5.78. The first-order valence-corrected chi connectivity index (χ1v) is 24.0. The van der Waals surface area contributed by atoms with E-state index in [1.54, 1.807) is 7.11 Å². The smallest absolute Gasteiger partial charge is 0.312 e. The highest BCUT2D eigenvalue weighted by Gasteiger charge is 2.70. The molecule has 3 heterocycles. The van der Waals surface area contributed by atoms with Gasteiger partial charge in [0.2, 0.25) is 0 Å². The van der Waals surface area contributed by atoms with Crippen LogP contribution in [0.1, 0.15) is 120 Å². The second-order valence-corrected chi connectivity index (χ2v) is 23.2. The number of hydrogen-bond donors (Lipinski definition) is 8. The number of allylic oxidation sites excluding steroid dienone is 2. The van der Waals surface area contributed by atoms with Crippen molar-refractivity contribution in [2.24, 2.45) is 50.2 Å². The predicted octanol–water partition coefficient (Wildman–Crippen LogP) is 2.46. The number of ether oxygens (including phenoxy) is 7. The van der Waals surface area contributed by atoms with Gasteiger partial charge in [0.05, 0.1) is 37.9 Å². The molecule has 8 aliphatic rings. The van der Waals surface area contributed by atoms with E-state index in [2.05, 4.69) is 54.5 Å². The van der Waals surface area contributed by atoms with E-state index in [-0.39, 0.29) is 52.2 Å². The van der Waals surface area contributed by atoms with Crippen LogP contribution in [0.15, 0.2) is 11.6 Å². The van der Waals surface area contributed by atoms with Crippen molar-refractivity contribution >= 4 is 5.97 Å². The van der Waals surface area contributed by atoms with Gasteiger partial charge in [-0.1, -0.05) is 60.1 Å². The number of aliphatic hydroxyl groups is 8. The maximum absolute atomic E-state index is 13.7. The molecule has 16 heteroatoms. The van der Waals surface area contributed by atoms with Crippen LogP contribution in [0.3, 0.4) is 0 Å². The lowest BCUT2D eigenvalue weighted by molar-refractivity contribution is -0.380. The summed E-state index contributed by atoms with van der Waals surface area (Å²) in [6.07, 6.45) is -9.23. The molecular weight excluding hydrogens is 833 g/mol. The topological polar surface area (TPSA) is 244 Å². The van der Waals surface area contributed by atoms with Gasteiger partial charge in [-0.3, -0.25) is 4.79 Å². The molecule has 22 atom stereocenters. The van der Waals surface area contributed by atoms with Gasteiger partial charge < -0.3 is 74.0 Å². The molecule has 366 valence electrons. The first-order chi connectivity index (χ1) is 29.9. The Morgan fingerprint density at radius 1 is 0.719 bits per heavy atom. The van der Waals surface area contributed by atoms with E-state index in [0.717, 1.165) is 57.8 Å². The molecule has 7 fully saturated rings. The van der Waals surface area contributed by atoms with Crippen LogP contribution in [0.2, 0.25) is 0 Å². The van der Waals surface area contributed by atoms with Crippen molar-refractivity contribution in [1.82, 2.24) is 0 Å². The fourth-order valence-electron chi connectivity index (χ4n) is 15.0. The number of rotatable bonds is 8. The zero-order valence-corrected chi connectivity index (χ0v) is 39.3. The van der Waals surface area contributed by atoms with Gasteiger partial charge in [0.15, 0.2) is 18.9 Å². The fourth-order valence-corrected chi connectivity index (χ4v) is 15.0. The van der Waals surface area contributed by atoms with E-state index in [1.165, 1.54) is 12.5 Å². The summed E-state index contributed by atoms with van der Waals surface area (Å²) in [5.74, 6) is 0.739. The van der Waals surface area contributed by atoms with E-state index >= 15 is 0 Å². The second-order valence-electron chi connectivity index (χ2n) is 23.2. The van der Waals surface area contributed by atoms with Crippen LogP contribution in [-0.4, -0.2) is 159 Å². The highest BCUT2D eigenvalue weighted by atomic mass is 16.8. The van der Waals surface area contributed by atoms with Crippen LogP contribution < -0.4 is 0 Å². The van der Waals surface area contributed by atoms with E-state index < -0.39 is 103 Å². The summed E-state index contributed by atoms with van der Waals surface area (Å²) in [6.45, 7) is 17.2. The van der Waals surface area contributed by atoms with Gasteiger partial charge in [0, 0.05) is 0 Å². The van der Waals surface area contributed by atoms with Crippen molar-refractivity contribution in [2.75, 3.05) is 20.3 Å². The minimum absolute atomic E-state index is 0.00240. The zero-order valence-electron chi connectivity index (χ0n) is 39.3. The van der Waals surface area contributed by atoms with Crippen molar-refractivity contribution in [3.05, 3.63) is 11.6 Å². The molecule has 3 saturated heterocycles. The second kappa shape index (κ2) is 17.3. The summed E-state index contributed by atoms with van der Waals surface area (Å²) >= 11 is 0. The average Bonchev–Trinajstić information content (AvgIpc) is 3.24. The summed E-state index contributed by atoms with van der Waals surface area (Å²) < 4.78 is 42.4. The van der Waals surface area contributed by atoms with Crippen LogP contribution in [-0.2, 0) is 38.0 Å². The van der Waals surface area contributed by atoms with Gasteiger partial charge in [-0.05, 0) is 116 Å². The predicted molar refractivity (Wildman–Crippen MR) is 228 cm³/mol. The van der Waals surface area contributed by atoms with E-state index in [4.69, 9.17) is 33.2 Å². The molecule has 0 aromatic heterocycles.